The number of hydrogen-bond acceptors (Lipinski definition) is 6. The van der Waals surface area contributed by atoms with Crippen LogP contribution in [0.2, 0.25) is 5.02 Å². The number of anilines is 1. The molecule has 0 radical (unpaired) electrons. The molecule has 0 fully saturated rings. The second-order valence-corrected chi connectivity index (χ2v) is 7.74. The minimum Gasteiger partial charge on any atom is -0.467 e. The normalized spacial score (nSPS) is 11.2. The van der Waals surface area contributed by atoms with Crippen molar-refractivity contribution < 1.29 is 14.1 Å². The van der Waals surface area contributed by atoms with E-state index in [2.05, 4.69) is 4.98 Å². The third-order valence-corrected chi connectivity index (χ3v) is 5.51. The van der Waals surface area contributed by atoms with Crippen LogP contribution in [0.25, 0.3) is 16.3 Å². The van der Waals surface area contributed by atoms with Gasteiger partial charge in [0.05, 0.1) is 27.9 Å². The number of nitrogens with zero attached hydrogens (tertiary/aromatic N) is 3. The van der Waals surface area contributed by atoms with E-state index in [0.29, 0.717) is 21.5 Å². The minimum absolute atomic E-state index is 0.0416. The highest BCUT2D eigenvalue weighted by molar-refractivity contribution is 7.22. The van der Waals surface area contributed by atoms with Crippen LogP contribution in [0.3, 0.4) is 0 Å². The Morgan fingerprint density at radius 2 is 2.10 bits per heavy atom. The number of non-ortho nitro benzene ring substituents is 1. The van der Waals surface area contributed by atoms with Gasteiger partial charge < -0.3 is 4.42 Å². The second-order valence-electron chi connectivity index (χ2n) is 6.30. The fourth-order valence-electron chi connectivity index (χ4n) is 2.80. The molecule has 7 nitrogen and oxygen atoms in total. The lowest BCUT2D eigenvalue weighted by Crippen LogP contribution is -2.28. The Morgan fingerprint density at radius 3 is 2.87 bits per heavy atom. The average molecular weight is 440 g/mol. The molecule has 4 rings (SSSR count). The third kappa shape index (κ3) is 4.40. The number of fused-ring (bicyclic) bond motifs is 1. The molecule has 0 unspecified atom stereocenters. The van der Waals surface area contributed by atoms with E-state index in [1.807, 2.05) is 0 Å². The molecular formula is C21H14ClN3O4S. The topological polar surface area (TPSA) is 89.5 Å². The van der Waals surface area contributed by atoms with Crippen molar-refractivity contribution in [2.45, 2.75) is 6.54 Å². The van der Waals surface area contributed by atoms with Gasteiger partial charge in [-0.15, -0.1) is 0 Å². The zero-order chi connectivity index (χ0) is 21.1. The Kier molecular flexibility index (Phi) is 5.60. The first-order chi connectivity index (χ1) is 14.5. The van der Waals surface area contributed by atoms with Crippen LogP contribution in [0, 0.1) is 10.1 Å². The number of halogens is 1. The third-order valence-electron chi connectivity index (χ3n) is 4.23. The first-order valence-corrected chi connectivity index (χ1v) is 10.0. The summed E-state index contributed by atoms with van der Waals surface area (Å²) in [6.07, 6.45) is 4.44. The molecule has 0 atom stereocenters. The second kappa shape index (κ2) is 8.48. The standard InChI is InChI=1S/C21H14ClN3O4S/c22-15-7-8-18-19(12-15)30-21(23-18)24(13-17-5-2-10-29-17)20(26)9-6-14-3-1-4-16(11-14)25(27)28/h1-12H,13H2/b9-6+. The van der Waals surface area contributed by atoms with Gasteiger partial charge in [-0.25, -0.2) is 4.98 Å². The predicted molar refractivity (Wildman–Crippen MR) is 117 cm³/mol. The number of hydrogen-bond donors (Lipinski definition) is 0. The number of rotatable bonds is 6. The highest BCUT2D eigenvalue weighted by atomic mass is 35.5. The van der Waals surface area contributed by atoms with Crippen LogP contribution in [-0.4, -0.2) is 15.8 Å². The zero-order valence-electron chi connectivity index (χ0n) is 15.4. The summed E-state index contributed by atoms with van der Waals surface area (Å²) in [5, 5.41) is 12.0. The molecule has 0 saturated carbocycles. The highest BCUT2D eigenvalue weighted by Gasteiger charge is 2.20. The molecule has 0 aliphatic carbocycles. The maximum absolute atomic E-state index is 13.0. The monoisotopic (exact) mass is 439 g/mol. The molecule has 4 aromatic rings. The summed E-state index contributed by atoms with van der Waals surface area (Å²) < 4.78 is 6.26. The van der Waals surface area contributed by atoms with Gasteiger partial charge >= 0.3 is 0 Å². The lowest BCUT2D eigenvalue weighted by Gasteiger charge is -2.16. The number of carbonyl (C=O) groups is 1. The Hall–Kier alpha value is -3.49. The number of furan rings is 1. The number of thiazole rings is 1. The molecular weight excluding hydrogens is 426 g/mol. The van der Waals surface area contributed by atoms with E-state index >= 15 is 0 Å². The highest BCUT2D eigenvalue weighted by Crippen LogP contribution is 2.32. The van der Waals surface area contributed by atoms with Gasteiger partial charge in [-0.3, -0.25) is 19.8 Å². The number of nitro groups is 1. The number of nitro benzene ring substituents is 1. The molecule has 0 N–H and O–H groups in total. The number of benzene rings is 2. The molecule has 2 aromatic heterocycles. The summed E-state index contributed by atoms with van der Waals surface area (Å²) in [6, 6.07) is 14.9. The van der Waals surface area contributed by atoms with Crippen molar-refractivity contribution in [3.05, 3.63) is 93.4 Å². The van der Waals surface area contributed by atoms with Crippen molar-refractivity contribution in [3.8, 4) is 0 Å². The van der Waals surface area contributed by atoms with E-state index < -0.39 is 4.92 Å². The molecule has 1 amide bonds. The molecule has 0 aliphatic heterocycles. The first kappa shape index (κ1) is 19.8. The SMILES string of the molecule is O=C(/C=C/c1cccc([N+](=O)[O-])c1)N(Cc1ccco1)c1nc2ccc(Cl)cc2s1. The smallest absolute Gasteiger partial charge is 0.270 e. The Morgan fingerprint density at radius 1 is 1.23 bits per heavy atom. The van der Waals surface area contributed by atoms with Gasteiger partial charge in [0.2, 0.25) is 0 Å². The van der Waals surface area contributed by atoms with E-state index in [1.165, 1.54) is 46.8 Å². The summed E-state index contributed by atoms with van der Waals surface area (Å²) in [5.74, 6) is 0.271. The van der Waals surface area contributed by atoms with Gasteiger partial charge in [0.1, 0.15) is 5.76 Å². The van der Waals surface area contributed by atoms with E-state index in [-0.39, 0.29) is 18.1 Å². The van der Waals surface area contributed by atoms with Gasteiger partial charge in [-0.1, -0.05) is 35.1 Å². The minimum atomic E-state index is -0.478. The molecule has 9 heteroatoms. The quantitative estimate of drug-likeness (QED) is 0.218. The van der Waals surface area contributed by atoms with E-state index in [9.17, 15) is 14.9 Å². The Labute approximate surface area is 180 Å². The van der Waals surface area contributed by atoms with Crippen LogP contribution >= 0.6 is 22.9 Å². The summed E-state index contributed by atoms with van der Waals surface area (Å²) in [5.41, 5.74) is 1.24. The van der Waals surface area contributed by atoms with Crippen LogP contribution in [-0.2, 0) is 11.3 Å². The van der Waals surface area contributed by atoms with Crippen molar-refractivity contribution in [1.82, 2.24) is 4.98 Å². The Bertz CT molecular complexity index is 1250. The van der Waals surface area contributed by atoms with Gasteiger partial charge in [0.25, 0.3) is 11.6 Å². The van der Waals surface area contributed by atoms with E-state index in [1.54, 1.807) is 42.5 Å². The van der Waals surface area contributed by atoms with Gasteiger partial charge in [0.15, 0.2) is 5.13 Å². The molecule has 0 spiro atoms. The van der Waals surface area contributed by atoms with Gasteiger partial charge in [-0.2, -0.15) is 0 Å². The first-order valence-electron chi connectivity index (χ1n) is 8.82. The van der Waals surface area contributed by atoms with Crippen LogP contribution in [0.1, 0.15) is 11.3 Å². The van der Waals surface area contributed by atoms with Crippen molar-refractivity contribution in [3.63, 3.8) is 0 Å². The van der Waals surface area contributed by atoms with Gasteiger partial charge in [-0.05, 0) is 42.0 Å². The average Bonchev–Trinajstić information content (AvgIpc) is 3.39. The summed E-state index contributed by atoms with van der Waals surface area (Å²) in [4.78, 5) is 29.5. The number of amides is 1. The van der Waals surface area contributed by atoms with Gasteiger partial charge in [0, 0.05) is 23.2 Å². The lowest BCUT2D eigenvalue weighted by molar-refractivity contribution is -0.384. The Balaban J connectivity index is 1.65. The van der Waals surface area contributed by atoms with Crippen LogP contribution in [0.4, 0.5) is 10.8 Å². The van der Waals surface area contributed by atoms with E-state index in [0.717, 1.165) is 10.2 Å². The fourth-order valence-corrected chi connectivity index (χ4v) is 4.05. The maximum Gasteiger partial charge on any atom is 0.270 e. The van der Waals surface area contributed by atoms with Crippen LogP contribution in [0.15, 0.2) is 71.4 Å². The number of carbonyl (C=O) groups excluding carboxylic acids is 1. The number of aromatic nitrogens is 1. The van der Waals surface area contributed by atoms with Crippen molar-refractivity contribution in [2.75, 3.05) is 4.90 Å². The fraction of sp³-hybridized carbons (Fsp3) is 0.0476. The van der Waals surface area contributed by atoms with E-state index in [4.69, 9.17) is 16.0 Å². The molecule has 0 saturated heterocycles. The molecule has 0 bridgehead atoms. The maximum atomic E-state index is 13.0. The largest absolute Gasteiger partial charge is 0.467 e. The summed E-state index contributed by atoms with van der Waals surface area (Å²) in [6.45, 7) is 0.193. The van der Waals surface area contributed by atoms with Crippen molar-refractivity contribution >= 4 is 56.0 Å². The van der Waals surface area contributed by atoms with Crippen LogP contribution in [0.5, 0.6) is 0 Å². The summed E-state index contributed by atoms with van der Waals surface area (Å²) in [7, 11) is 0. The van der Waals surface area contributed by atoms with Crippen molar-refractivity contribution in [1.29, 1.82) is 0 Å². The van der Waals surface area contributed by atoms with Crippen LogP contribution < -0.4 is 4.90 Å². The molecule has 0 aliphatic rings. The summed E-state index contributed by atoms with van der Waals surface area (Å²) >= 11 is 7.40. The molecule has 2 heterocycles. The zero-order valence-corrected chi connectivity index (χ0v) is 17.0. The molecule has 30 heavy (non-hydrogen) atoms. The van der Waals surface area contributed by atoms with Crippen molar-refractivity contribution in [2.24, 2.45) is 0 Å². The lowest BCUT2D eigenvalue weighted by atomic mass is 10.2. The molecule has 2 aromatic carbocycles. The predicted octanol–water partition coefficient (Wildman–Crippen LogP) is 5.70. The molecule has 150 valence electrons.